The summed E-state index contributed by atoms with van der Waals surface area (Å²) in [4.78, 5) is 14.7. The monoisotopic (exact) mass is 364 g/mol. The average Bonchev–Trinajstić information content (AvgIpc) is 2.69. The molecule has 0 saturated heterocycles. The number of anilines is 2. The van der Waals surface area contributed by atoms with Crippen LogP contribution in [-0.4, -0.2) is 18.1 Å². The minimum Gasteiger partial charge on any atom is -0.504 e. The Morgan fingerprint density at radius 2 is 1.81 bits per heavy atom. The summed E-state index contributed by atoms with van der Waals surface area (Å²) < 4.78 is 18.5. The van der Waals surface area contributed by atoms with Crippen molar-refractivity contribution in [3.05, 3.63) is 83.7 Å². The second-order valence-corrected chi connectivity index (χ2v) is 6.18. The van der Waals surface area contributed by atoms with Crippen LogP contribution >= 0.6 is 0 Å². The van der Waals surface area contributed by atoms with E-state index in [2.05, 4.69) is 5.32 Å². The standard InChI is InChI=1S/C21H17FN2O3/c1-27-19-11-6-13(12-18(19)25)20-23-17-5-3-2-4-16(17)21(26)24(20)15-9-7-14(22)8-10-15/h2-12,20,23,25H,1H3/t20-/m0/s1. The van der Waals surface area contributed by atoms with Gasteiger partial charge in [-0.3, -0.25) is 9.69 Å². The molecule has 4 rings (SSSR count). The summed E-state index contributed by atoms with van der Waals surface area (Å²) in [5.41, 5.74) is 2.43. The van der Waals surface area contributed by atoms with Crippen molar-refractivity contribution in [2.24, 2.45) is 0 Å². The van der Waals surface area contributed by atoms with Gasteiger partial charge in [0.25, 0.3) is 5.91 Å². The van der Waals surface area contributed by atoms with Crippen molar-refractivity contribution >= 4 is 17.3 Å². The molecule has 0 saturated carbocycles. The molecule has 5 nitrogen and oxygen atoms in total. The molecule has 136 valence electrons. The van der Waals surface area contributed by atoms with Crippen LogP contribution in [0.25, 0.3) is 0 Å². The number of para-hydroxylation sites is 1. The Morgan fingerprint density at radius 3 is 2.52 bits per heavy atom. The smallest absolute Gasteiger partial charge is 0.262 e. The molecule has 2 N–H and O–H groups in total. The van der Waals surface area contributed by atoms with Gasteiger partial charge in [0.2, 0.25) is 0 Å². The lowest BCUT2D eigenvalue weighted by atomic mass is 10.0. The van der Waals surface area contributed by atoms with Crippen LogP contribution in [0.5, 0.6) is 11.5 Å². The lowest BCUT2D eigenvalue weighted by Gasteiger charge is -2.38. The summed E-state index contributed by atoms with van der Waals surface area (Å²) in [7, 11) is 1.47. The van der Waals surface area contributed by atoms with Crippen molar-refractivity contribution in [3.63, 3.8) is 0 Å². The summed E-state index contributed by atoms with van der Waals surface area (Å²) in [6.07, 6.45) is -0.574. The molecule has 1 amide bonds. The number of phenolic OH excluding ortho intramolecular Hbond substituents is 1. The number of fused-ring (bicyclic) bond motifs is 1. The maximum atomic E-state index is 13.4. The highest BCUT2D eigenvalue weighted by Gasteiger charge is 2.34. The molecule has 0 aromatic heterocycles. The summed E-state index contributed by atoms with van der Waals surface area (Å²) in [5, 5.41) is 13.5. The number of nitrogens with one attached hydrogen (secondary N) is 1. The zero-order chi connectivity index (χ0) is 19.0. The fourth-order valence-corrected chi connectivity index (χ4v) is 3.23. The number of ether oxygens (including phenoxy) is 1. The van der Waals surface area contributed by atoms with Crippen LogP contribution in [0.15, 0.2) is 66.7 Å². The Morgan fingerprint density at radius 1 is 1.07 bits per heavy atom. The number of hydrogen-bond donors (Lipinski definition) is 2. The van der Waals surface area contributed by atoms with Gasteiger partial charge in [0.05, 0.1) is 12.7 Å². The van der Waals surface area contributed by atoms with E-state index < -0.39 is 6.17 Å². The fourth-order valence-electron chi connectivity index (χ4n) is 3.23. The number of benzene rings is 3. The molecule has 27 heavy (non-hydrogen) atoms. The molecule has 6 heteroatoms. The van der Waals surface area contributed by atoms with E-state index in [1.54, 1.807) is 47.4 Å². The van der Waals surface area contributed by atoms with Crippen LogP contribution in [0.2, 0.25) is 0 Å². The summed E-state index contributed by atoms with van der Waals surface area (Å²) in [6.45, 7) is 0. The molecule has 1 aliphatic heterocycles. The van der Waals surface area contributed by atoms with Gasteiger partial charge >= 0.3 is 0 Å². The van der Waals surface area contributed by atoms with Crippen molar-refractivity contribution in [2.75, 3.05) is 17.3 Å². The number of phenols is 1. The predicted molar refractivity (Wildman–Crippen MR) is 101 cm³/mol. The number of aromatic hydroxyl groups is 1. The SMILES string of the molecule is COc1ccc([C@H]2Nc3ccccc3C(=O)N2c2ccc(F)cc2)cc1O. The minimum absolute atomic E-state index is 0.0258. The third-order valence-corrected chi connectivity index (χ3v) is 4.55. The third kappa shape index (κ3) is 2.95. The van der Waals surface area contributed by atoms with Crippen molar-refractivity contribution in [1.29, 1.82) is 0 Å². The van der Waals surface area contributed by atoms with E-state index in [-0.39, 0.29) is 17.5 Å². The number of carbonyl (C=O) groups is 1. The molecule has 1 heterocycles. The average molecular weight is 364 g/mol. The van der Waals surface area contributed by atoms with Gasteiger partial charge in [-0.05, 0) is 54.1 Å². The van der Waals surface area contributed by atoms with E-state index in [0.29, 0.717) is 28.3 Å². The van der Waals surface area contributed by atoms with Gasteiger partial charge in [0.1, 0.15) is 12.0 Å². The van der Waals surface area contributed by atoms with Crippen LogP contribution in [-0.2, 0) is 0 Å². The van der Waals surface area contributed by atoms with Gasteiger partial charge in [0, 0.05) is 11.4 Å². The summed E-state index contributed by atoms with van der Waals surface area (Å²) in [6, 6.07) is 17.9. The molecular weight excluding hydrogens is 347 g/mol. The number of rotatable bonds is 3. The second kappa shape index (κ2) is 6.64. The first-order valence-electron chi connectivity index (χ1n) is 8.40. The maximum absolute atomic E-state index is 13.4. The summed E-state index contributed by atoms with van der Waals surface area (Å²) >= 11 is 0. The largest absolute Gasteiger partial charge is 0.504 e. The number of amides is 1. The number of halogens is 1. The first kappa shape index (κ1) is 16.9. The van der Waals surface area contributed by atoms with Crippen molar-refractivity contribution in [3.8, 4) is 11.5 Å². The number of nitrogens with zero attached hydrogens (tertiary/aromatic N) is 1. The van der Waals surface area contributed by atoms with Crippen LogP contribution in [0, 0.1) is 5.82 Å². The lowest BCUT2D eigenvalue weighted by molar-refractivity contribution is 0.0975. The topological polar surface area (TPSA) is 61.8 Å². The van der Waals surface area contributed by atoms with Crippen LogP contribution in [0.3, 0.4) is 0 Å². The number of methoxy groups -OCH3 is 1. The molecule has 0 spiro atoms. The minimum atomic E-state index is -0.574. The predicted octanol–water partition coefficient (Wildman–Crippen LogP) is 4.31. The van der Waals surface area contributed by atoms with E-state index in [1.807, 2.05) is 12.1 Å². The molecule has 3 aromatic rings. The molecule has 0 unspecified atom stereocenters. The Balaban J connectivity index is 1.85. The van der Waals surface area contributed by atoms with Crippen LogP contribution < -0.4 is 15.0 Å². The fraction of sp³-hybridized carbons (Fsp3) is 0.0952. The highest BCUT2D eigenvalue weighted by atomic mass is 19.1. The highest BCUT2D eigenvalue weighted by Crippen LogP contribution is 2.38. The first-order chi connectivity index (χ1) is 13.1. The lowest BCUT2D eigenvalue weighted by Crippen LogP contribution is -2.43. The van der Waals surface area contributed by atoms with E-state index in [9.17, 15) is 14.3 Å². The molecule has 3 aromatic carbocycles. The molecule has 0 bridgehead atoms. The normalized spacial score (nSPS) is 15.9. The Labute approximate surface area is 155 Å². The molecule has 0 aliphatic carbocycles. The van der Waals surface area contributed by atoms with Gasteiger partial charge in [0.15, 0.2) is 11.5 Å². The van der Waals surface area contributed by atoms with Gasteiger partial charge in [-0.25, -0.2) is 4.39 Å². The number of hydrogen-bond acceptors (Lipinski definition) is 4. The first-order valence-corrected chi connectivity index (χ1v) is 8.40. The zero-order valence-corrected chi connectivity index (χ0v) is 14.5. The zero-order valence-electron chi connectivity index (χ0n) is 14.5. The highest BCUT2D eigenvalue weighted by molar-refractivity contribution is 6.12. The molecule has 1 aliphatic rings. The van der Waals surface area contributed by atoms with E-state index in [4.69, 9.17) is 4.74 Å². The quantitative estimate of drug-likeness (QED) is 0.727. The van der Waals surface area contributed by atoms with Gasteiger partial charge in [-0.15, -0.1) is 0 Å². The van der Waals surface area contributed by atoms with E-state index >= 15 is 0 Å². The van der Waals surface area contributed by atoms with E-state index in [1.165, 1.54) is 19.2 Å². The van der Waals surface area contributed by atoms with Gasteiger partial charge in [-0.1, -0.05) is 18.2 Å². The summed E-state index contributed by atoms with van der Waals surface area (Å²) in [5.74, 6) is -0.275. The van der Waals surface area contributed by atoms with Crippen LogP contribution in [0.1, 0.15) is 22.1 Å². The van der Waals surface area contributed by atoms with Crippen molar-refractivity contribution in [2.45, 2.75) is 6.17 Å². The van der Waals surface area contributed by atoms with E-state index in [0.717, 1.165) is 0 Å². The molecule has 0 radical (unpaired) electrons. The number of carbonyl (C=O) groups excluding carboxylic acids is 1. The Kier molecular flexibility index (Phi) is 4.16. The molecule has 0 fully saturated rings. The van der Waals surface area contributed by atoms with Gasteiger partial charge < -0.3 is 15.2 Å². The Bertz CT molecular complexity index is 1000. The van der Waals surface area contributed by atoms with Crippen molar-refractivity contribution in [1.82, 2.24) is 0 Å². The maximum Gasteiger partial charge on any atom is 0.262 e. The third-order valence-electron chi connectivity index (χ3n) is 4.55. The Hall–Kier alpha value is -3.54. The van der Waals surface area contributed by atoms with Crippen LogP contribution in [0.4, 0.5) is 15.8 Å². The van der Waals surface area contributed by atoms with Gasteiger partial charge in [-0.2, -0.15) is 0 Å². The van der Waals surface area contributed by atoms with Crippen molar-refractivity contribution < 1.29 is 19.0 Å². The second-order valence-electron chi connectivity index (χ2n) is 6.18. The molecular formula is C21H17FN2O3. The molecule has 1 atom stereocenters.